The number of nitrogens with one attached hydrogen (secondary N) is 1. The van der Waals surface area contributed by atoms with Gasteiger partial charge in [0.2, 0.25) is 0 Å². The summed E-state index contributed by atoms with van der Waals surface area (Å²) in [7, 11) is 0. The van der Waals surface area contributed by atoms with Gasteiger partial charge >= 0.3 is 12.0 Å². The van der Waals surface area contributed by atoms with E-state index in [1.807, 2.05) is 89.8 Å². The van der Waals surface area contributed by atoms with Gasteiger partial charge in [-0.05, 0) is 71.3 Å². The monoisotopic (exact) mass is 526 g/mol. The van der Waals surface area contributed by atoms with Gasteiger partial charge in [0, 0.05) is 27.7 Å². The van der Waals surface area contributed by atoms with Crippen molar-refractivity contribution in [1.82, 2.24) is 0 Å². The van der Waals surface area contributed by atoms with E-state index in [9.17, 15) is 9.59 Å². The quantitative estimate of drug-likeness (QED) is 0.181. The lowest BCUT2D eigenvalue weighted by Gasteiger charge is -2.24. The third kappa shape index (κ3) is 7.86. The van der Waals surface area contributed by atoms with E-state index in [1.54, 1.807) is 11.8 Å². The van der Waals surface area contributed by atoms with Gasteiger partial charge in [0.25, 0.3) is 0 Å². The number of carboxylic acid groups (broad SMARTS) is 1. The molecular weight excluding hydrogens is 492 g/mol. The molecule has 6 heteroatoms. The smallest absolute Gasteiger partial charge is 0.326 e. The molecule has 0 aromatic heterocycles. The lowest BCUT2D eigenvalue weighted by Crippen LogP contribution is -2.35. The van der Waals surface area contributed by atoms with Gasteiger partial charge in [-0.15, -0.1) is 0 Å². The number of hydrogen-bond donors (Lipinski definition) is 2. The van der Waals surface area contributed by atoms with E-state index < -0.39 is 5.97 Å². The zero-order valence-corrected chi connectivity index (χ0v) is 22.5. The predicted octanol–water partition coefficient (Wildman–Crippen LogP) is 8.63. The van der Waals surface area contributed by atoms with Crippen LogP contribution in [0.25, 0.3) is 10.8 Å². The number of benzene rings is 4. The molecule has 4 aromatic rings. The molecule has 38 heavy (non-hydrogen) atoms. The van der Waals surface area contributed by atoms with Crippen LogP contribution in [-0.2, 0) is 11.2 Å². The van der Waals surface area contributed by atoms with E-state index in [-0.39, 0.29) is 12.5 Å². The van der Waals surface area contributed by atoms with Crippen LogP contribution in [0.15, 0.2) is 101 Å². The fourth-order valence-electron chi connectivity index (χ4n) is 4.36. The first-order chi connectivity index (χ1) is 18.5. The fraction of sp³-hybridized carbons (Fsp3) is 0.250. The first-order valence-corrected chi connectivity index (χ1v) is 14.0. The van der Waals surface area contributed by atoms with Crippen LogP contribution < -0.4 is 10.2 Å². The van der Waals surface area contributed by atoms with Crippen molar-refractivity contribution >= 4 is 45.9 Å². The number of anilines is 2. The fourth-order valence-corrected chi connectivity index (χ4v) is 5.18. The van der Waals surface area contributed by atoms with Crippen LogP contribution in [0.1, 0.15) is 44.6 Å². The van der Waals surface area contributed by atoms with Gasteiger partial charge in [-0.1, -0.05) is 86.8 Å². The molecule has 0 aliphatic carbocycles. The Bertz CT molecular complexity index is 1350. The summed E-state index contributed by atoms with van der Waals surface area (Å²) in [6.07, 6.45) is 5.65. The summed E-state index contributed by atoms with van der Waals surface area (Å²) in [4.78, 5) is 28.2. The summed E-state index contributed by atoms with van der Waals surface area (Å²) in [5.41, 5.74) is 2.42. The zero-order valence-electron chi connectivity index (χ0n) is 21.7. The van der Waals surface area contributed by atoms with Gasteiger partial charge in [-0.3, -0.25) is 9.69 Å². The largest absolute Gasteiger partial charge is 0.481 e. The second-order valence-electron chi connectivity index (χ2n) is 9.37. The number of hydrogen-bond acceptors (Lipinski definition) is 3. The molecule has 0 fully saturated rings. The summed E-state index contributed by atoms with van der Waals surface area (Å²) in [5, 5.41) is 14.3. The van der Waals surface area contributed by atoms with E-state index in [0.29, 0.717) is 6.54 Å². The lowest BCUT2D eigenvalue weighted by molar-refractivity contribution is -0.136. The van der Waals surface area contributed by atoms with Crippen molar-refractivity contribution in [2.45, 2.75) is 55.2 Å². The van der Waals surface area contributed by atoms with Gasteiger partial charge in [-0.2, -0.15) is 0 Å². The Morgan fingerprint density at radius 3 is 2.13 bits per heavy atom. The lowest BCUT2D eigenvalue weighted by atomic mass is 10.1. The van der Waals surface area contributed by atoms with Crippen molar-refractivity contribution in [2.75, 3.05) is 16.8 Å². The average molecular weight is 527 g/mol. The number of carboxylic acids is 1. The molecule has 196 valence electrons. The number of amides is 2. The number of carbonyl (C=O) groups is 2. The highest BCUT2D eigenvalue weighted by Crippen LogP contribution is 2.30. The molecule has 4 rings (SSSR count). The minimum Gasteiger partial charge on any atom is -0.481 e. The summed E-state index contributed by atoms with van der Waals surface area (Å²) < 4.78 is 0. The maximum absolute atomic E-state index is 13.4. The van der Waals surface area contributed by atoms with Crippen molar-refractivity contribution in [3.8, 4) is 0 Å². The molecule has 0 unspecified atom stereocenters. The number of nitrogens with zero attached hydrogens (tertiary/aromatic N) is 1. The second kappa shape index (κ2) is 13.7. The van der Waals surface area contributed by atoms with Crippen molar-refractivity contribution in [1.29, 1.82) is 0 Å². The molecule has 0 saturated carbocycles. The molecule has 0 atom stereocenters. The van der Waals surface area contributed by atoms with E-state index in [1.165, 1.54) is 19.3 Å². The summed E-state index contributed by atoms with van der Waals surface area (Å²) in [6, 6.07) is 29.6. The van der Waals surface area contributed by atoms with Crippen LogP contribution >= 0.6 is 11.8 Å². The average Bonchev–Trinajstić information content (AvgIpc) is 2.92. The Kier molecular flexibility index (Phi) is 9.82. The molecule has 4 aromatic carbocycles. The molecule has 0 aliphatic heterocycles. The second-order valence-corrected chi connectivity index (χ2v) is 10.5. The molecule has 0 heterocycles. The van der Waals surface area contributed by atoms with E-state index in [2.05, 4.69) is 18.3 Å². The Hall–Kier alpha value is -3.77. The topological polar surface area (TPSA) is 69.6 Å². The van der Waals surface area contributed by atoms with Crippen molar-refractivity contribution in [3.63, 3.8) is 0 Å². The van der Waals surface area contributed by atoms with Crippen molar-refractivity contribution in [3.05, 3.63) is 96.6 Å². The highest BCUT2D eigenvalue weighted by Gasteiger charge is 2.16. The van der Waals surface area contributed by atoms with Crippen molar-refractivity contribution in [2.24, 2.45) is 0 Å². The van der Waals surface area contributed by atoms with Gasteiger partial charge in [0.1, 0.15) is 0 Å². The number of fused-ring (bicyclic) bond motifs is 1. The van der Waals surface area contributed by atoms with E-state index in [4.69, 9.17) is 5.11 Å². The number of unbranched alkanes of at least 4 members (excludes halogenated alkanes) is 4. The SMILES string of the molecule is CCCCCCCN(C(=O)Nc1ccc2ccccc2c1)c1ccc(Sc2ccc(CC(=O)O)cc2)cc1. The summed E-state index contributed by atoms with van der Waals surface area (Å²) >= 11 is 1.61. The molecule has 0 saturated heterocycles. The van der Waals surface area contributed by atoms with E-state index in [0.717, 1.165) is 50.3 Å². The molecule has 0 spiro atoms. The highest BCUT2D eigenvalue weighted by atomic mass is 32.2. The number of rotatable bonds is 12. The minimum absolute atomic E-state index is 0.0230. The minimum atomic E-state index is -0.833. The molecule has 0 aliphatic rings. The van der Waals surface area contributed by atoms with Gasteiger partial charge < -0.3 is 10.4 Å². The number of urea groups is 1. The molecule has 0 bridgehead atoms. The molecule has 5 nitrogen and oxygen atoms in total. The third-order valence-electron chi connectivity index (χ3n) is 6.39. The maximum Gasteiger partial charge on any atom is 0.326 e. The molecule has 0 radical (unpaired) electrons. The van der Waals surface area contributed by atoms with Crippen LogP contribution in [0.3, 0.4) is 0 Å². The Labute approximate surface area is 228 Å². The first-order valence-electron chi connectivity index (χ1n) is 13.2. The normalized spacial score (nSPS) is 10.9. The predicted molar refractivity (Wildman–Crippen MR) is 157 cm³/mol. The first kappa shape index (κ1) is 27.3. The third-order valence-corrected chi connectivity index (χ3v) is 7.41. The van der Waals surface area contributed by atoms with Gasteiger partial charge in [0.05, 0.1) is 6.42 Å². The van der Waals surface area contributed by atoms with Gasteiger partial charge in [0.15, 0.2) is 0 Å². The molecule has 2 amide bonds. The molecule has 2 N–H and O–H groups in total. The summed E-state index contributed by atoms with van der Waals surface area (Å²) in [6.45, 7) is 2.86. The van der Waals surface area contributed by atoms with Crippen molar-refractivity contribution < 1.29 is 14.7 Å². The van der Waals surface area contributed by atoms with Crippen LogP contribution in [0, 0.1) is 0 Å². The van der Waals surface area contributed by atoms with Crippen LogP contribution in [-0.4, -0.2) is 23.7 Å². The Balaban J connectivity index is 1.45. The molecular formula is C32H34N2O3S. The standard InChI is InChI=1S/C32H34N2O3S/c1-2-3-4-5-8-21-34(32(37)33-27-14-13-25-9-6-7-10-26(25)23-27)28-15-19-30(20-16-28)38-29-17-11-24(12-18-29)22-31(35)36/h6-7,9-20,23H,2-5,8,21-22H2,1H3,(H,33,37)(H,35,36). The Morgan fingerprint density at radius 2 is 1.45 bits per heavy atom. The Morgan fingerprint density at radius 1 is 0.789 bits per heavy atom. The number of carbonyl (C=O) groups excluding carboxylic acids is 1. The van der Waals surface area contributed by atoms with E-state index >= 15 is 0 Å². The van der Waals surface area contributed by atoms with Crippen LogP contribution in [0.5, 0.6) is 0 Å². The van der Waals surface area contributed by atoms with Crippen LogP contribution in [0.2, 0.25) is 0 Å². The highest BCUT2D eigenvalue weighted by molar-refractivity contribution is 7.99. The van der Waals surface area contributed by atoms with Crippen LogP contribution in [0.4, 0.5) is 16.2 Å². The number of aliphatic carboxylic acids is 1. The maximum atomic E-state index is 13.4. The van der Waals surface area contributed by atoms with Gasteiger partial charge in [-0.25, -0.2) is 4.79 Å². The zero-order chi connectivity index (χ0) is 26.7. The summed E-state index contributed by atoms with van der Waals surface area (Å²) in [5.74, 6) is -0.833.